The number of carbonyl (C=O) groups is 2. The number of methoxy groups -OCH3 is 1. The number of Topliss-reactive ketones (excluding diaryl/α,β-unsaturated/α-hetero) is 1. The van der Waals surface area contributed by atoms with Crippen LogP contribution in [0.5, 0.6) is 0 Å². The molecule has 0 amide bonds. The smallest absolute Gasteiger partial charge is 0.314 e. The Hall–Kier alpha value is -1.16. The summed E-state index contributed by atoms with van der Waals surface area (Å²) < 4.78 is 4.71. The van der Waals surface area contributed by atoms with Gasteiger partial charge in [-0.25, -0.2) is 0 Å². The second kappa shape index (κ2) is 3.53. The highest BCUT2D eigenvalue weighted by Crippen LogP contribution is 2.36. The van der Waals surface area contributed by atoms with Crippen LogP contribution < -0.4 is 0 Å². The van der Waals surface area contributed by atoms with Crippen LogP contribution in [0.25, 0.3) is 0 Å². The summed E-state index contributed by atoms with van der Waals surface area (Å²) in [6, 6.07) is 1.79. The van der Waals surface area contributed by atoms with Crippen LogP contribution in [0, 0.1) is 0 Å². The molecule has 74 valence electrons. The maximum atomic E-state index is 11.5. The molecule has 0 radical (unpaired) electrons. The normalized spacial score (nSPS) is 20.4. The molecule has 0 saturated heterocycles. The Morgan fingerprint density at radius 2 is 2.43 bits per heavy atom. The van der Waals surface area contributed by atoms with Crippen LogP contribution in [0.15, 0.2) is 11.4 Å². The molecule has 1 aromatic heterocycles. The minimum absolute atomic E-state index is 0.140. The number of carbonyl (C=O) groups excluding carboxylic acids is 2. The quantitative estimate of drug-likeness (QED) is 0.666. The lowest BCUT2D eigenvalue weighted by molar-refractivity contribution is -0.142. The largest absolute Gasteiger partial charge is 0.469 e. The zero-order valence-corrected chi connectivity index (χ0v) is 8.60. The summed E-state index contributed by atoms with van der Waals surface area (Å²) in [6.07, 6.45) is 1.03. The standard InChI is InChI=1S/C10H10O3S/c1-13-10(12)7-2-3-8(11)6-4-5-14-9(6)7/h4-5,7H,2-3H2,1H3. The van der Waals surface area contributed by atoms with Crippen molar-refractivity contribution in [2.45, 2.75) is 18.8 Å². The SMILES string of the molecule is COC(=O)C1CCC(=O)c2ccsc21. The van der Waals surface area contributed by atoms with Gasteiger partial charge in [-0.3, -0.25) is 9.59 Å². The molecular formula is C10H10O3S. The molecule has 0 bridgehead atoms. The van der Waals surface area contributed by atoms with Gasteiger partial charge in [0, 0.05) is 16.9 Å². The van der Waals surface area contributed by atoms with E-state index in [0.29, 0.717) is 18.4 Å². The van der Waals surface area contributed by atoms with Crippen molar-refractivity contribution in [1.82, 2.24) is 0 Å². The van der Waals surface area contributed by atoms with Crippen molar-refractivity contribution in [1.29, 1.82) is 0 Å². The second-order valence-corrected chi connectivity index (χ2v) is 4.18. The average Bonchev–Trinajstić information content (AvgIpc) is 2.67. The molecule has 0 fully saturated rings. The molecule has 1 unspecified atom stereocenters. The number of ether oxygens (including phenoxy) is 1. The Morgan fingerprint density at radius 1 is 1.64 bits per heavy atom. The summed E-state index contributed by atoms with van der Waals surface area (Å²) in [7, 11) is 1.38. The first-order chi connectivity index (χ1) is 6.74. The van der Waals surface area contributed by atoms with Gasteiger partial charge in [-0.15, -0.1) is 11.3 Å². The van der Waals surface area contributed by atoms with E-state index < -0.39 is 0 Å². The zero-order chi connectivity index (χ0) is 10.1. The lowest BCUT2D eigenvalue weighted by atomic mass is 9.89. The first kappa shape index (κ1) is 9.40. The molecule has 0 N–H and O–H groups in total. The van der Waals surface area contributed by atoms with Gasteiger partial charge in [0.2, 0.25) is 0 Å². The molecule has 0 saturated carbocycles. The molecule has 1 aliphatic rings. The molecule has 0 spiro atoms. The number of rotatable bonds is 1. The van der Waals surface area contributed by atoms with E-state index in [1.54, 1.807) is 6.07 Å². The van der Waals surface area contributed by atoms with Crippen LogP contribution in [0.3, 0.4) is 0 Å². The summed E-state index contributed by atoms with van der Waals surface area (Å²) in [5.74, 6) is -0.324. The summed E-state index contributed by atoms with van der Waals surface area (Å²) in [4.78, 5) is 23.7. The first-order valence-electron chi connectivity index (χ1n) is 4.42. The average molecular weight is 210 g/mol. The summed E-state index contributed by atoms with van der Waals surface area (Å²) in [5, 5.41) is 1.85. The summed E-state index contributed by atoms with van der Waals surface area (Å²) in [5.41, 5.74) is 0.705. The molecule has 0 aromatic carbocycles. The van der Waals surface area contributed by atoms with Crippen molar-refractivity contribution in [3.8, 4) is 0 Å². The monoisotopic (exact) mass is 210 g/mol. The van der Waals surface area contributed by atoms with Crippen molar-refractivity contribution < 1.29 is 14.3 Å². The van der Waals surface area contributed by atoms with E-state index in [4.69, 9.17) is 4.74 Å². The third-order valence-electron chi connectivity index (χ3n) is 2.46. The number of thiophene rings is 1. The maximum Gasteiger partial charge on any atom is 0.314 e. The molecule has 2 rings (SSSR count). The van der Waals surface area contributed by atoms with Gasteiger partial charge in [0.25, 0.3) is 0 Å². The minimum atomic E-state index is -0.235. The van der Waals surface area contributed by atoms with Gasteiger partial charge in [-0.1, -0.05) is 0 Å². The third kappa shape index (κ3) is 1.35. The van der Waals surface area contributed by atoms with Crippen molar-refractivity contribution in [2.24, 2.45) is 0 Å². The number of esters is 1. The predicted molar refractivity (Wildman–Crippen MR) is 52.6 cm³/mol. The molecular weight excluding hydrogens is 200 g/mol. The van der Waals surface area contributed by atoms with Gasteiger partial charge in [-0.05, 0) is 17.9 Å². The Balaban J connectivity index is 2.38. The lowest BCUT2D eigenvalue weighted by Gasteiger charge is -2.18. The van der Waals surface area contributed by atoms with E-state index in [-0.39, 0.29) is 17.7 Å². The maximum absolute atomic E-state index is 11.5. The highest BCUT2D eigenvalue weighted by molar-refractivity contribution is 7.10. The van der Waals surface area contributed by atoms with Gasteiger partial charge in [0.1, 0.15) is 0 Å². The predicted octanol–water partition coefficient (Wildman–Crippen LogP) is 1.98. The number of ketones is 1. The highest BCUT2D eigenvalue weighted by atomic mass is 32.1. The highest BCUT2D eigenvalue weighted by Gasteiger charge is 2.32. The van der Waals surface area contributed by atoms with Crippen LogP contribution in [0.2, 0.25) is 0 Å². The first-order valence-corrected chi connectivity index (χ1v) is 5.30. The summed E-state index contributed by atoms with van der Waals surface area (Å²) in [6.45, 7) is 0. The fraction of sp³-hybridized carbons (Fsp3) is 0.400. The Kier molecular flexibility index (Phi) is 2.37. The van der Waals surface area contributed by atoms with E-state index in [1.165, 1.54) is 18.4 Å². The van der Waals surface area contributed by atoms with Crippen LogP contribution in [0.1, 0.15) is 34.0 Å². The summed E-state index contributed by atoms with van der Waals surface area (Å²) >= 11 is 1.46. The zero-order valence-electron chi connectivity index (χ0n) is 7.78. The molecule has 3 nitrogen and oxygen atoms in total. The number of fused-ring (bicyclic) bond motifs is 1. The van der Waals surface area contributed by atoms with Crippen molar-refractivity contribution in [2.75, 3.05) is 7.11 Å². The van der Waals surface area contributed by atoms with E-state index in [0.717, 1.165) is 4.88 Å². The fourth-order valence-electron chi connectivity index (χ4n) is 1.73. The molecule has 14 heavy (non-hydrogen) atoms. The molecule has 4 heteroatoms. The molecule has 1 atom stereocenters. The third-order valence-corrected chi connectivity index (χ3v) is 3.49. The van der Waals surface area contributed by atoms with Crippen molar-refractivity contribution in [3.05, 3.63) is 21.9 Å². The molecule has 1 heterocycles. The van der Waals surface area contributed by atoms with Crippen LogP contribution in [-0.4, -0.2) is 18.9 Å². The van der Waals surface area contributed by atoms with Crippen LogP contribution in [0.4, 0.5) is 0 Å². The molecule has 1 aliphatic carbocycles. The van der Waals surface area contributed by atoms with Gasteiger partial charge in [0.15, 0.2) is 5.78 Å². The minimum Gasteiger partial charge on any atom is -0.469 e. The Morgan fingerprint density at radius 3 is 3.14 bits per heavy atom. The Bertz CT molecular complexity index is 380. The van der Waals surface area contributed by atoms with E-state index in [9.17, 15) is 9.59 Å². The van der Waals surface area contributed by atoms with E-state index in [1.807, 2.05) is 5.38 Å². The van der Waals surface area contributed by atoms with Gasteiger partial charge in [0.05, 0.1) is 13.0 Å². The van der Waals surface area contributed by atoms with Crippen LogP contribution >= 0.6 is 11.3 Å². The number of hydrogen-bond donors (Lipinski definition) is 0. The Labute approximate surface area is 85.7 Å². The van der Waals surface area contributed by atoms with Gasteiger partial charge >= 0.3 is 5.97 Å². The van der Waals surface area contributed by atoms with Crippen molar-refractivity contribution in [3.63, 3.8) is 0 Å². The number of hydrogen-bond acceptors (Lipinski definition) is 4. The fourth-order valence-corrected chi connectivity index (χ4v) is 2.77. The van der Waals surface area contributed by atoms with E-state index in [2.05, 4.69) is 0 Å². The van der Waals surface area contributed by atoms with E-state index >= 15 is 0 Å². The van der Waals surface area contributed by atoms with Crippen LogP contribution in [-0.2, 0) is 9.53 Å². The van der Waals surface area contributed by atoms with Crippen molar-refractivity contribution >= 4 is 23.1 Å². The van der Waals surface area contributed by atoms with Gasteiger partial charge < -0.3 is 4.74 Å². The second-order valence-electron chi connectivity index (χ2n) is 3.24. The molecule has 0 aliphatic heterocycles. The van der Waals surface area contributed by atoms with Gasteiger partial charge in [-0.2, -0.15) is 0 Å². The topological polar surface area (TPSA) is 43.4 Å². The molecule has 1 aromatic rings. The lowest BCUT2D eigenvalue weighted by Crippen LogP contribution is -2.21.